The van der Waals surface area contributed by atoms with Gasteiger partial charge in [-0.1, -0.05) is 6.07 Å². The lowest BCUT2D eigenvalue weighted by molar-refractivity contribution is 0.120. The zero-order valence-electron chi connectivity index (χ0n) is 15.9. The standard InChI is InChI=1S/C19H31N3O3.HI/c1-4-20-19(22-15-8-10-16(23)11-9-15)21-13-14(2)25-18-7-5-6-17(12-18)24-3;/h5-7,12,14-16,23H,4,8-11,13H2,1-3H3,(H2,20,21,22);1H. The molecule has 1 unspecified atom stereocenters. The number of aliphatic hydroxyl groups excluding tert-OH is 1. The van der Waals surface area contributed by atoms with Crippen molar-refractivity contribution in [2.75, 3.05) is 20.2 Å². The van der Waals surface area contributed by atoms with E-state index in [9.17, 15) is 5.11 Å². The van der Waals surface area contributed by atoms with Crippen molar-refractivity contribution in [2.24, 2.45) is 4.99 Å². The number of ether oxygens (including phenoxy) is 2. The number of hydrogen-bond donors (Lipinski definition) is 3. The minimum atomic E-state index is -0.145. The second-order valence-corrected chi connectivity index (χ2v) is 6.48. The van der Waals surface area contributed by atoms with Crippen LogP contribution in [0, 0.1) is 0 Å². The van der Waals surface area contributed by atoms with Gasteiger partial charge in [-0.2, -0.15) is 0 Å². The van der Waals surface area contributed by atoms with E-state index in [1.807, 2.05) is 31.2 Å². The fourth-order valence-electron chi connectivity index (χ4n) is 2.90. The van der Waals surface area contributed by atoms with Crippen molar-refractivity contribution in [3.05, 3.63) is 24.3 Å². The molecule has 1 aliphatic carbocycles. The Morgan fingerprint density at radius 1 is 1.27 bits per heavy atom. The molecule has 0 aromatic heterocycles. The Hall–Kier alpha value is -1.22. The maximum absolute atomic E-state index is 9.62. The molecule has 3 N–H and O–H groups in total. The molecule has 1 aromatic rings. The molecule has 7 heteroatoms. The first-order valence-electron chi connectivity index (χ1n) is 9.14. The normalized spacial score (nSPS) is 21.3. The molecule has 0 amide bonds. The maximum Gasteiger partial charge on any atom is 0.191 e. The highest BCUT2D eigenvalue weighted by atomic mass is 127. The quantitative estimate of drug-likeness (QED) is 0.320. The molecule has 1 fully saturated rings. The minimum absolute atomic E-state index is 0. The molecule has 1 saturated carbocycles. The van der Waals surface area contributed by atoms with Gasteiger partial charge in [0.2, 0.25) is 0 Å². The lowest BCUT2D eigenvalue weighted by Gasteiger charge is -2.27. The fourth-order valence-corrected chi connectivity index (χ4v) is 2.90. The second kappa shape index (κ2) is 12.2. The van der Waals surface area contributed by atoms with E-state index >= 15 is 0 Å². The molecule has 1 atom stereocenters. The number of aliphatic imine (C=N–C) groups is 1. The van der Waals surface area contributed by atoms with Crippen LogP contribution in [0.15, 0.2) is 29.3 Å². The van der Waals surface area contributed by atoms with Gasteiger partial charge in [-0.3, -0.25) is 0 Å². The molecule has 2 rings (SSSR count). The van der Waals surface area contributed by atoms with E-state index in [1.165, 1.54) is 0 Å². The number of aliphatic hydroxyl groups is 1. The van der Waals surface area contributed by atoms with Gasteiger partial charge >= 0.3 is 0 Å². The van der Waals surface area contributed by atoms with Gasteiger partial charge in [0.15, 0.2) is 5.96 Å². The summed E-state index contributed by atoms with van der Waals surface area (Å²) in [5, 5.41) is 16.4. The Bertz CT molecular complexity index is 549. The highest BCUT2D eigenvalue weighted by Crippen LogP contribution is 2.20. The van der Waals surface area contributed by atoms with Crippen molar-refractivity contribution in [3.8, 4) is 11.5 Å². The van der Waals surface area contributed by atoms with Gasteiger partial charge in [0.05, 0.1) is 19.8 Å². The predicted molar refractivity (Wildman–Crippen MR) is 116 cm³/mol. The van der Waals surface area contributed by atoms with Crippen LogP contribution < -0.4 is 20.1 Å². The monoisotopic (exact) mass is 477 g/mol. The van der Waals surface area contributed by atoms with Crippen molar-refractivity contribution < 1.29 is 14.6 Å². The lowest BCUT2D eigenvalue weighted by Crippen LogP contribution is -2.45. The number of rotatable bonds is 7. The SMILES string of the molecule is CCNC(=NCC(C)Oc1cccc(OC)c1)NC1CCC(O)CC1.I. The molecule has 0 aliphatic heterocycles. The zero-order valence-corrected chi connectivity index (χ0v) is 18.2. The lowest BCUT2D eigenvalue weighted by atomic mass is 9.93. The fraction of sp³-hybridized carbons (Fsp3) is 0.632. The number of benzene rings is 1. The van der Waals surface area contributed by atoms with Crippen LogP contribution in [0.2, 0.25) is 0 Å². The highest BCUT2D eigenvalue weighted by molar-refractivity contribution is 14.0. The van der Waals surface area contributed by atoms with Crippen molar-refractivity contribution in [1.82, 2.24) is 10.6 Å². The van der Waals surface area contributed by atoms with Crippen LogP contribution in [0.5, 0.6) is 11.5 Å². The van der Waals surface area contributed by atoms with Crippen LogP contribution in [0.1, 0.15) is 39.5 Å². The first-order chi connectivity index (χ1) is 12.1. The maximum atomic E-state index is 9.62. The molecule has 148 valence electrons. The van der Waals surface area contributed by atoms with E-state index in [0.717, 1.165) is 49.7 Å². The summed E-state index contributed by atoms with van der Waals surface area (Å²) in [6.45, 7) is 5.43. The van der Waals surface area contributed by atoms with Gasteiger partial charge in [-0.05, 0) is 51.7 Å². The minimum Gasteiger partial charge on any atom is -0.497 e. The third kappa shape index (κ3) is 7.99. The van der Waals surface area contributed by atoms with Gasteiger partial charge in [-0.25, -0.2) is 4.99 Å². The molecule has 0 spiro atoms. The second-order valence-electron chi connectivity index (χ2n) is 6.48. The number of nitrogens with zero attached hydrogens (tertiary/aromatic N) is 1. The largest absolute Gasteiger partial charge is 0.497 e. The summed E-state index contributed by atoms with van der Waals surface area (Å²) < 4.78 is 11.1. The van der Waals surface area contributed by atoms with Crippen LogP contribution in [0.3, 0.4) is 0 Å². The molecular weight excluding hydrogens is 445 g/mol. The molecule has 26 heavy (non-hydrogen) atoms. The zero-order chi connectivity index (χ0) is 18.1. The van der Waals surface area contributed by atoms with Gasteiger partial charge in [0.1, 0.15) is 17.6 Å². The molecule has 1 aromatic carbocycles. The molecule has 0 saturated heterocycles. The summed E-state index contributed by atoms with van der Waals surface area (Å²) in [6.07, 6.45) is 3.46. The summed E-state index contributed by atoms with van der Waals surface area (Å²) in [5.41, 5.74) is 0. The van der Waals surface area contributed by atoms with Crippen molar-refractivity contribution in [2.45, 2.75) is 57.8 Å². The number of guanidine groups is 1. The van der Waals surface area contributed by atoms with Gasteiger partial charge in [-0.15, -0.1) is 24.0 Å². The predicted octanol–water partition coefficient (Wildman–Crippen LogP) is 2.94. The highest BCUT2D eigenvalue weighted by Gasteiger charge is 2.20. The average molecular weight is 477 g/mol. The Kier molecular flexibility index (Phi) is 10.7. The van der Waals surface area contributed by atoms with Crippen molar-refractivity contribution in [3.63, 3.8) is 0 Å². The number of hydrogen-bond acceptors (Lipinski definition) is 4. The molecule has 0 bridgehead atoms. The third-order valence-electron chi connectivity index (χ3n) is 4.27. The van der Waals surface area contributed by atoms with E-state index in [2.05, 4.69) is 22.5 Å². The van der Waals surface area contributed by atoms with Crippen LogP contribution in [-0.4, -0.2) is 49.5 Å². The summed E-state index contributed by atoms with van der Waals surface area (Å²) in [6, 6.07) is 7.96. The van der Waals surface area contributed by atoms with Crippen LogP contribution in [-0.2, 0) is 0 Å². The Labute approximate surface area is 173 Å². The van der Waals surface area contributed by atoms with Crippen LogP contribution in [0.25, 0.3) is 0 Å². The Morgan fingerprint density at radius 2 is 1.96 bits per heavy atom. The van der Waals surface area contributed by atoms with Crippen molar-refractivity contribution in [1.29, 1.82) is 0 Å². The van der Waals surface area contributed by atoms with E-state index < -0.39 is 0 Å². The molecule has 0 heterocycles. The van der Waals surface area contributed by atoms with Crippen LogP contribution in [0.4, 0.5) is 0 Å². The summed E-state index contributed by atoms with van der Waals surface area (Å²) in [4.78, 5) is 4.64. The van der Waals surface area contributed by atoms with Crippen molar-refractivity contribution >= 4 is 29.9 Å². The topological polar surface area (TPSA) is 75.1 Å². The number of halogens is 1. The van der Waals surface area contributed by atoms with Crippen LogP contribution >= 0.6 is 24.0 Å². The molecule has 6 nitrogen and oxygen atoms in total. The first kappa shape index (κ1) is 22.8. The average Bonchev–Trinajstić information content (AvgIpc) is 2.62. The molecule has 0 radical (unpaired) electrons. The van der Waals surface area contributed by atoms with E-state index in [4.69, 9.17) is 9.47 Å². The van der Waals surface area contributed by atoms with Gasteiger partial charge in [0, 0.05) is 18.7 Å². The summed E-state index contributed by atoms with van der Waals surface area (Å²) >= 11 is 0. The number of nitrogens with one attached hydrogen (secondary N) is 2. The molecule has 1 aliphatic rings. The van der Waals surface area contributed by atoms with Gasteiger partial charge < -0.3 is 25.2 Å². The summed E-state index contributed by atoms with van der Waals surface area (Å²) in [7, 11) is 1.64. The van der Waals surface area contributed by atoms with E-state index in [1.54, 1.807) is 7.11 Å². The van der Waals surface area contributed by atoms with E-state index in [0.29, 0.717) is 12.6 Å². The Balaban J connectivity index is 0.00000338. The third-order valence-corrected chi connectivity index (χ3v) is 4.27. The smallest absolute Gasteiger partial charge is 0.191 e. The Morgan fingerprint density at radius 3 is 2.62 bits per heavy atom. The van der Waals surface area contributed by atoms with Gasteiger partial charge in [0.25, 0.3) is 0 Å². The summed E-state index contributed by atoms with van der Waals surface area (Å²) in [5.74, 6) is 2.37. The van der Waals surface area contributed by atoms with E-state index in [-0.39, 0.29) is 36.2 Å². The first-order valence-corrected chi connectivity index (χ1v) is 9.14. The molecular formula is C19H32IN3O3. The number of methoxy groups -OCH3 is 1.